The molecule has 0 radical (unpaired) electrons. The van der Waals surface area contributed by atoms with Crippen LogP contribution in [0.15, 0.2) is 72.9 Å². The first-order valence-electron chi connectivity index (χ1n) is 11.1. The van der Waals surface area contributed by atoms with Crippen molar-refractivity contribution in [2.75, 3.05) is 20.1 Å². The number of likely N-dealkylation sites (tertiary alicyclic amines) is 1. The first-order valence-corrected chi connectivity index (χ1v) is 11.1. The Balaban J connectivity index is 1.59. The zero-order valence-corrected chi connectivity index (χ0v) is 18.7. The fraction of sp³-hybridized carbons (Fsp3) is 0.296. The summed E-state index contributed by atoms with van der Waals surface area (Å²) in [4.78, 5) is 32.1. The molecule has 0 saturated carbocycles. The van der Waals surface area contributed by atoms with Crippen molar-refractivity contribution < 1.29 is 9.59 Å². The van der Waals surface area contributed by atoms with Crippen LogP contribution in [0.2, 0.25) is 0 Å². The van der Waals surface area contributed by atoms with Crippen molar-refractivity contribution in [3.8, 4) is 11.1 Å². The third-order valence-electron chi connectivity index (χ3n) is 6.35. The quantitative estimate of drug-likeness (QED) is 0.651. The molecule has 5 nitrogen and oxygen atoms in total. The number of hydrogen-bond donors (Lipinski definition) is 1. The number of pyridine rings is 1. The van der Waals surface area contributed by atoms with Gasteiger partial charge in [0, 0.05) is 32.0 Å². The van der Waals surface area contributed by atoms with Crippen LogP contribution in [0.1, 0.15) is 23.2 Å². The molecule has 32 heavy (non-hydrogen) atoms. The maximum atomic E-state index is 13.1. The number of amides is 2. The zero-order valence-electron chi connectivity index (χ0n) is 18.7. The van der Waals surface area contributed by atoms with E-state index in [1.807, 2.05) is 35.2 Å². The van der Waals surface area contributed by atoms with Gasteiger partial charge in [0.1, 0.15) is 0 Å². The minimum atomic E-state index is -0.644. The van der Waals surface area contributed by atoms with E-state index in [1.54, 1.807) is 13.2 Å². The molecular formula is C27H29N3O2. The molecule has 2 amide bonds. The Kier molecular flexibility index (Phi) is 6.35. The third-order valence-corrected chi connectivity index (χ3v) is 6.35. The molecular weight excluding hydrogens is 398 g/mol. The topological polar surface area (TPSA) is 62.3 Å². The number of carbonyl (C=O) groups excluding carboxylic acids is 2. The second-order valence-corrected chi connectivity index (χ2v) is 8.63. The summed E-state index contributed by atoms with van der Waals surface area (Å²) < 4.78 is 0. The van der Waals surface area contributed by atoms with Gasteiger partial charge < -0.3 is 10.2 Å². The van der Waals surface area contributed by atoms with Crippen LogP contribution in [-0.4, -0.2) is 41.8 Å². The van der Waals surface area contributed by atoms with E-state index >= 15 is 0 Å². The molecule has 1 aliphatic rings. The lowest BCUT2D eigenvalue weighted by Gasteiger charge is -2.28. The summed E-state index contributed by atoms with van der Waals surface area (Å²) in [6.45, 7) is 3.08. The van der Waals surface area contributed by atoms with Gasteiger partial charge in [-0.05, 0) is 48.6 Å². The summed E-state index contributed by atoms with van der Waals surface area (Å²) in [5.74, 6) is 0.00567. The SMILES string of the molecule is CNC(=O)C1(Cc2ccccc2-c2cccc(C)c2)CCN(C(=O)Cc2ccccn2)C1. The summed E-state index contributed by atoms with van der Waals surface area (Å²) in [5, 5.41) is 2.86. The molecule has 1 fully saturated rings. The summed E-state index contributed by atoms with van der Waals surface area (Å²) in [6.07, 6.45) is 3.18. The first-order chi connectivity index (χ1) is 15.5. The Morgan fingerprint density at radius 2 is 1.88 bits per heavy atom. The first kappa shape index (κ1) is 21.8. The standard InChI is InChI=1S/C27H29N3O2/c1-20-8-7-10-21(16-20)24-12-4-3-9-22(24)18-27(26(32)28-2)13-15-30(19-27)25(31)17-23-11-5-6-14-29-23/h3-12,14,16H,13,15,17-19H2,1-2H3,(H,28,32). The molecule has 1 aliphatic heterocycles. The lowest BCUT2D eigenvalue weighted by Crippen LogP contribution is -2.44. The van der Waals surface area contributed by atoms with Crippen LogP contribution in [0, 0.1) is 12.3 Å². The van der Waals surface area contributed by atoms with E-state index < -0.39 is 5.41 Å². The van der Waals surface area contributed by atoms with Crippen LogP contribution >= 0.6 is 0 Å². The highest BCUT2D eigenvalue weighted by molar-refractivity contribution is 5.86. The average Bonchev–Trinajstić information content (AvgIpc) is 3.25. The maximum absolute atomic E-state index is 13.1. The fourth-order valence-electron chi connectivity index (χ4n) is 4.66. The van der Waals surface area contributed by atoms with Crippen molar-refractivity contribution in [2.45, 2.75) is 26.2 Å². The Hall–Kier alpha value is -3.47. The van der Waals surface area contributed by atoms with E-state index in [0.29, 0.717) is 25.9 Å². The van der Waals surface area contributed by atoms with Gasteiger partial charge in [-0.15, -0.1) is 0 Å². The Labute approximate surface area is 189 Å². The van der Waals surface area contributed by atoms with Crippen LogP contribution in [0.5, 0.6) is 0 Å². The van der Waals surface area contributed by atoms with Crippen molar-refractivity contribution in [2.24, 2.45) is 5.41 Å². The monoisotopic (exact) mass is 427 g/mol. The minimum absolute atomic E-state index is 0.00955. The second-order valence-electron chi connectivity index (χ2n) is 8.63. The molecule has 1 atom stereocenters. The summed E-state index contributed by atoms with van der Waals surface area (Å²) in [7, 11) is 1.68. The van der Waals surface area contributed by atoms with E-state index in [9.17, 15) is 9.59 Å². The van der Waals surface area contributed by atoms with E-state index in [1.165, 1.54) is 5.56 Å². The van der Waals surface area contributed by atoms with E-state index in [4.69, 9.17) is 0 Å². The average molecular weight is 428 g/mol. The smallest absolute Gasteiger partial charge is 0.228 e. The summed E-state index contributed by atoms with van der Waals surface area (Å²) in [5.41, 5.74) is 4.71. The van der Waals surface area contributed by atoms with Gasteiger partial charge in [0.05, 0.1) is 11.8 Å². The number of rotatable bonds is 6. The number of aryl methyl sites for hydroxylation is 1. The van der Waals surface area contributed by atoms with Gasteiger partial charge in [-0.1, -0.05) is 60.2 Å². The summed E-state index contributed by atoms with van der Waals surface area (Å²) >= 11 is 0. The van der Waals surface area contributed by atoms with E-state index in [0.717, 1.165) is 22.4 Å². The normalized spacial score (nSPS) is 17.9. The summed E-state index contributed by atoms with van der Waals surface area (Å²) in [6, 6.07) is 22.3. The molecule has 2 aromatic carbocycles. The molecule has 0 bridgehead atoms. The van der Waals surface area contributed by atoms with Crippen molar-refractivity contribution in [1.82, 2.24) is 15.2 Å². The lowest BCUT2D eigenvalue weighted by molar-refractivity contribution is -0.132. The van der Waals surface area contributed by atoms with Crippen molar-refractivity contribution in [3.63, 3.8) is 0 Å². The van der Waals surface area contributed by atoms with Crippen LogP contribution in [0.4, 0.5) is 0 Å². The lowest BCUT2D eigenvalue weighted by atomic mass is 9.78. The number of carbonyl (C=O) groups is 2. The molecule has 164 valence electrons. The van der Waals surface area contributed by atoms with Crippen molar-refractivity contribution >= 4 is 11.8 Å². The van der Waals surface area contributed by atoms with Gasteiger partial charge in [-0.3, -0.25) is 14.6 Å². The van der Waals surface area contributed by atoms with Gasteiger partial charge in [0.15, 0.2) is 0 Å². The molecule has 2 heterocycles. The van der Waals surface area contributed by atoms with Crippen LogP contribution in [-0.2, 0) is 22.4 Å². The Morgan fingerprint density at radius 1 is 1.06 bits per heavy atom. The molecule has 5 heteroatoms. The predicted octanol–water partition coefficient (Wildman–Crippen LogP) is 3.81. The molecule has 1 N–H and O–H groups in total. The van der Waals surface area contributed by atoms with Gasteiger partial charge in [0.2, 0.25) is 11.8 Å². The predicted molar refractivity (Wildman–Crippen MR) is 126 cm³/mol. The van der Waals surface area contributed by atoms with Crippen molar-refractivity contribution in [3.05, 3.63) is 89.7 Å². The van der Waals surface area contributed by atoms with Gasteiger partial charge in [0.25, 0.3) is 0 Å². The molecule has 0 aliphatic carbocycles. The molecule has 3 aromatic rings. The second kappa shape index (κ2) is 9.35. The van der Waals surface area contributed by atoms with Gasteiger partial charge in [-0.25, -0.2) is 0 Å². The number of aromatic nitrogens is 1. The van der Waals surface area contributed by atoms with Crippen LogP contribution < -0.4 is 5.32 Å². The van der Waals surface area contributed by atoms with Crippen molar-refractivity contribution in [1.29, 1.82) is 0 Å². The van der Waals surface area contributed by atoms with Gasteiger partial charge >= 0.3 is 0 Å². The minimum Gasteiger partial charge on any atom is -0.359 e. The highest BCUT2D eigenvalue weighted by Gasteiger charge is 2.45. The molecule has 1 unspecified atom stereocenters. The van der Waals surface area contributed by atoms with Gasteiger partial charge in [-0.2, -0.15) is 0 Å². The maximum Gasteiger partial charge on any atom is 0.228 e. The zero-order chi connectivity index (χ0) is 22.6. The fourth-order valence-corrected chi connectivity index (χ4v) is 4.66. The highest BCUT2D eigenvalue weighted by Crippen LogP contribution is 2.38. The van der Waals surface area contributed by atoms with E-state index in [2.05, 4.69) is 53.6 Å². The molecule has 1 saturated heterocycles. The third kappa shape index (κ3) is 4.57. The largest absolute Gasteiger partial charge is 0.359 e. The number of benzene rings is 2. The molecule has 4 rings (SSSR count). The number of nitrogens with one attached hydrogen (secondary N) is 1. The number of nitrogens with zero attached hydrogens (tertiary/aromatic N) is 2. The van der Waals surface area contributed by atoms with Crippen LogP contribution in [0.25, 0.3) is 11.1 Å². The van der Waals surface area contributed by atoms with E-state index in [-0.39, 0.29) is 18.2 Å². The molecule has 0 spiro atoms. The Morgan fingerprint density at radius 3 is 2.62 bits per heavy atom. The highest BCUT2D eigenvalue weighted by atomic mass is 16.2. The van der Waals surface area contributed by atoms with Crippen LogP contribution in [0.3, 0.4) is 0 Å². The number of hydrogen-bond acceptors (Lipinski definition) is 3. The Bertz CT molecular complexity index is 1110. The molecule has 1 aromatic heterocycles.